The summed E-state index contributed by atoms with van der Waals surface area (Å²) in [5, 5.41) is -0.163. The number of sulfonamides is 1. The summed E-state index contributed by atoms with van der Waals surface area (Å²) in [5.41, 5.74) is 0.123. The van der Waals surface area contributed by atoms with Crippen molar-refractivity contribution in [3.63, 3.8) is 0 Å². The van der Waals surface area contributed by atoms with Gasteiger partial charge in [0.1, 0.15) is 10.0 Å². The van der Waals surface area contributed by atoms with E-state index in [9.17, 15) is 16.8 Å². The maximum atomic E-state index is 12.2. The number of hydrogen-bond acceptors (Lipinski definition) is 5. The van der Waals surface area contributed by atoms with Gasteiger partial charge in [0.25, 0.3) is 10.0 Å². The average molecular weight is 347 g/mol. The Kier molecular flexibility index (Phi) is 4.22. The van der Waals surface area contributed by atoms with Crippen LogP contribution < -0.4 is 4.72 Å². The van der Waals surface area contributed by atoms with Gasteiger partial charge in [0.2, 0.25) is 0 Å². The lowest BCUT2D eigenvalue weighted by atomic mass is 10.3. The second-order valence-electron chi connectivity index (χ2n) is 4.20. The fraction of sp³-hybridized carbons (Fsp3) is 0.0833. The minimum Gasteiger partial charge on any atom is -0.279 e. The molecule has 0 spiro atoms. The molecule has 112 valence electrons. The van der Waals surface area contributed by atoms with Crippen LogP contribution in [0.3, 0.4) is 0 Å². The normalized spacial score (nSPS) is 12.1. The molecule has 6 nitrogen and oxygen atoms in total. The maximum Gasteiger partial charge on any atom is 0.264 e. The van der Waals surface area contributed by atoms with Crippen molar-refractivity contribution in [3.8, 4) is 0 Å². The largest absolute Gasteiger partial charge is 0.279 e. The van der Waals surface area contributed by atoms with Gasteiger partial charge in [-0.25, -0.2) is 21.8 Å². The Morgan fingerprint density at radius 3 is 2.43 bits per heavy atom. The minimum atomic E-state index is -3.95. The number of nitrogens with one attached hydrogen (secondary N) is 1. The molecule has 0 aliphatic carbocycles. The summed E-state index contributed by atoms with van der Waals surface area (Å²) < 4.78 is 49.6. The summed E-state index contributed by atoms with van der Waals surface area (Å²) in [6.45, 7) is 0. The van der Waals surface area contributed by atoms with E-state index in [0.717, 1.165) is 6.26 Å². The van der Waals surface area contributed by atoms with Gasteiger partial charge in [0.05, 0.1) is 10.6 Å². The van der Waals surface area contributed by atoms with Gasteiger partial charge in [-0.15, -0.1) is 0 Å². The quantitative estimate of drug-likeness (QED) is 0.854. The highest BCUT2D eigenvalue weighted by atomic mass is 35.5. The number of halogens is 1. The van der Waals surface area contributed by atoms with Crippen molar-refractivity contribution in [2.45, 2.75) is 9.79 Å². The van der Waals surface area contributed by atoms with Crippen molar-refractivity contribution in [1.82, 2.24) is 4.98 Å². The molecule has 0 aliphatic rings. The van der Waals surface area contributed by atoms with Gasteiger partial charge in [-0.1, -0.05) is 17.7 Å². The van der Waals surface area contributed by atoms with Crippen molar-refractivity contribution in [3.05, 3.63) is 47.7 Å². The third-order valence-corrected chi connectivity index (χ3v) is 5.47. The number of pyridine rings is 1. The first-order valence-electron chi connectivity index (χ1n) is 5.63. The van der Waals surface area contributed by atoms with Crippen molar-refractivity contribution >= 4 is 37.1 Å². The van der Waals surface area contributed by atoms with Crippen molar-refractivity contribution in [2.24, 2.45) is 0 Å². The summed E-state index contributed by atoms with van der Waals surface area (Å²) in [6, 6.07) is 8.24. The van der Waals surface area contributed by atoms with Crippen LogP contribution in [0.5, 0.6) is 0 Å². The molecule has 9 heteroatoms. The third kappa shape index (κ3) is 3.72. The smallest absolute Gasteiger partial charge is 0.264 e. The Balaban J connectivity index is 2.41. The van der Waals surface area contributed by atoms with E-state index in [1.165, 1.54) is 42.6 Å². The van der Waals surface area contributed by atoms with Crippen LogP contribution >= 0.6 is 11.6 Å². The molecule has 0 unspecified atom stereocenters. The summed E-state index contributed by atoms with van der Waals surface area (Å²) >= 11 is 5.75. The van der Waals surface area contributed by atoms with Crippen LogP contribution in [0, 0.1) is 0 Å². The Morgan fingerprint density at radius 2 is 1.81 bits per heavy atom. The Hall–Kier alpha value is -1.64. The molecule has 21 heavy (non-hydrogen) atoms. The van der Waals surface area contributed by atoms with Crippen LogP contribution in [-0.4, -0.2) is 28.1 Å². The molecule has 1 N–H and O–H groups in total. The number of anilines is 1. The van der Waals surface area contributed by atoms with Crippen LogP contribution in [0.4, 0.5) is 5.69 Å². The van der Waals surface area contributed by atoms with Crippen molar-refractivity contribution < 1.29 is 16.8 Å². The van der Waals surface area contributed by atoms with Crippen LogP contribution in [0.15, 0.2) is 52.4 Å². The summed E-state index contributed by atoms with van der Waals surface area (Å²) in [7, 11) is -7.37. The topological polar surface area (TPSA) is 93.2 Å². The van der Waals surface area contributed by atoms with Gasteiger partial charge < -0.3 is 0 Å². The zero-order chi connectivity index (χ0) is 15.7. The van der Waals surface area contributed by atoms with Crippen molar-refractivity contribution in [1.29, 1.82) is 0 Å². The lowest BCUT2D eigenvalue weighted by Gasteiger charge is -2.09. The molecular weight excluding hydrogens is 336 g/mol. The molecule has 0 amide bonds. The van der Waals surface area contributed by atoms with Crippen LogP contribution in [0.25, 0.3) is 0 Å². The molecule has 1 heterocycles. The molecular formula is C12H11ClN2O4S2. The van der Waals surface area contributed by atoms with Gasteiger partial charge >= 0.3 is 0 Å². The van der Waals surface area contributed by atoms with Crippen LogP contribution in [-0.2, 0) is 19.9 Å². The molecule has 0 saturated carbocycles. The highest BCUT2D eigenvalue weighted by molar-refractivity contribution is 7.93. The van der Waals surface area contributed by atoms with Gasteiger partial charge in [0, 0.05) is 12.5 Å². The van der Waals surface area contributed by atoms with Gasteiger partial charge in [-0.2, -0.15) is 0 Å². The maximum absolute atomic E-state index is 12.2. The average Bonchev–Trinajstić information content (AvgIpc) is 2.37. The van der Waals surface area contributed by atoms with E-state index in [2.05, 4.69) is 9.71 Å². The van der Waals surface area contributed by atoms with Crippen LogP contribution in [0.2, 0.25) is 5.15 Å². The SMILES string of the molecule is CS(=O)(=O)c1cccc(NS(=O)(=O)c2cccnc2Cl)c1. The van der Waals surface area contributed by atoms with Gasteiger partial charge in [-0.3, -0.25) is 4.72 Å². The number of hydrogen-bond donors (Lipinski definition) is 1. The first-order chi connectivity index (χ1) is 9.70. The molecule has 0 fully saturated rings. The van der Waals surface area contributed by atoms with E-state index in [4.69, 9.17) is 11.6 Å². The molecule has 1 aromatic carbocycles. The summed E-state index contributed by atoms with van der Waals surface area (Å²) in [6.07, 6.45) is 2.41. The number of sulfone groups is 1. The monoisotopic (exact) mass is 346 g/mol. The lowest BCUT2D eigenvalue weighted by Crippen LogP contribution is -2.14. The third-order valence-electron chi connectivity index (χ3n) is 2.53. The molecule has 0 atom stereocenters. The first kappa shape index (κ1) is 15.7. The van der Waals surface area contributed by atoms with E-state index in [1.54, 1.807) is 0 Å². The van der Waals surface area contributed by atoms with Gasteiger partial charge in [0.15, 0.2) is 9.84 Å². The highest BCUT2D eigenvalue weighted by Crippen LogP contribution is 2.22. The molecule has 1 aromatic heterocycles. The fourth-order valence-electron chi connectivity index (χ4n) is 1.57. The molecule has 0 aliphatic heterocycles. The lowest BCUT2D eigenvalue weighted by molar-refractivity contribution is 0.598. The minimum absolute atomic E-state index is 0.0139. The van der Waals surface area contributed by atoms with Crippen molar-refractivity contribution in [2.75, 3.05) is 11.0 Å². The molecule has 0 saturated heterocycles. The summed E-state index contributed by atoms with van der Waals surface area (Å²) in [5.74, 6) is 0. The zero-order valence-electron chi connectivity index (χ0n) is 10.8. The zero-order valence-corrected chi connectivity index (χ0v) is 13.2. The predicted molar refractivity (Wildman–Crippen MR) is 79.6 cm³/mol. The van der Waals surface area contributed by atoms with E-state index in [0.29, 0.717) is 0 Å². The standard InChI is InChI=1S/C12H11ClN2O4S2/c1-20(16,17)10-5-2-4-9(8-10)15-21(18,19)11-6-3-7-14-12(11)13/h2-8,15H,1H3. The number of rotatable bonds is 4. The fourth-order valence-corrected chi connectivity index (χ4v) is 3.74. The number of benzene rings is 1. The second-order valence-corrected chi connectivity index (χ2v) is 8.22. The van der Waals surface area contributed by atoms with E-state index >= 15 is 0 Å². The predicted octanol–water partition coefficient (Wildman–Crippen LogP) is 1.94. The van der Waals surface area contributed by atoms with Crippen LogP contribution in [0.1, 0.15) is 0 Å². The van der Waals surface area contributed by atoms with E-state index in [-0.39, 0.29) is 20.6 Å². The Labute approximate surface area is 127 Å². The van der Waals surface area contributed by atoms with E-state index < -0.39 is 19.9 Å². The number of nitrogens with zero attached hydrogens (tertiary/aromatic N) is 1. The Morgan fingerprint density at radius 1 is 1.10 bits per heavy atom. The number of aromatic nitrogens is 1. The molecule has 2 aromatic rings. The van der Waals surface area contributed by atoms with E-state index in [1.807, 2.05) is 0 Å². The van der Waals surface area contributed by atoms with Gasteiger partial charge in [-0.05, 0) is 30.3 Å². The Bertz CT molecular complexity index is 880. The molecule has 0 bridgehead atoms. The summed E-state index contributed by atoms with van der Waals surface area (Å²) in [4.78, 5) is 3.52. The molecule has 2 rings (SSSR count). The molecule has 0 radical (unpaired) electrons. The second kappa shape index (κ2) is 5.63. The first-order valence-corrected chi connectivity index (χ1v) is 9.39. The highest BCUT2D eigenvalue weighted by Gasteiger charge is 2.19.